The first-order valence-electron chi connectivity index (χ1n) is 10.1. The third-order valence-corrected chi connectivity index (χ3v) is 5.13. The number of nitro benzene ring substituents is 1. The lowest BCUT2D eigenvalue weighted by Gasteiger charge is -2.23. The van der Waals surface area contributed by atoms with E-state index in [-0.39, 0.29) is 29.2 Å². The Balaban J connectivity index is 1.83. The van der Waals surface area contributed by atoms with Gasteiger partial charge < -0.3 is 10.6 Å². The molecule has 2 N–H and O–H groups in total. The molecule has 2 aromatic carbocycles. The van der Waals surface area contributed by atoms with E-state index >= 15 is 0 Å². The maximum atomic E-state index is 12.9. The molecule has 0 heterocycles. The van der Waals surface area contributed by atoms with Crippen LogP contribution in [-0.2, 0) is 4.79 Å². The number of hydrogen-bond donors (Lipinski definition) is 2. The SMILES string of the molecule is Cc1cccc(C(=O)N/C(=C\c2ccc([N+](=O)[O-])cc2)C(=O)NC2CCCCC2)c1. The standard InChI is InChI=1S/C23H25N3O4/c1-16-6-5-7-18(14-16)22(27)25-21(23(28)24-19-8-3-2-4-9-19)15-17-10-12-20(13-11-17)26(29)30/h5-7,10-15,19H,2-4,8-9H2,1H3,(H,24,28)(H,25,27)/b21-15-. The van der Waals surface area contributed by atoms with E-state index in [0.717, 1.165) is 31.2 Å². The normalized spacial score (nSPS) is 14.8. The average Bonchev–Trinajstić information content (AvgIpc) is 2.74. The molecule has 0 radical (unpaired) electrons. The molecule has 0 bridgehead atoms. The van der Waals surface area contributed by atoms with Crippen LogP contribution in [0.3, 0.4) is 0 Å². The molecule has 156 valence electrons. The van der Waals surface area contributed by atoms with Crippen molar-refractivity contribution in [3.05, 3.63) is 81.0 Å². The lowest BCUT2D eigenvalue weighted by atomic mass is 9.95. The van der Waals surface area contributed by atoms with Gasteiger partial charge in [0.1, 0.15) is 5.70 Å². The average molecular weight is 407 g/mol. The number of nitro groups is 1. The Hall–Kier alpha value is -3.48. The van der Waals surface area contributed by atoms with E-state index in [0.29, 0.717) is 11.1 Å². The van der Waals surface area contributed by atoms with Crippen LogP contribution < -0.4 is 10.6 Å². The number of non-ortho nitro benzene ring substituents is 1. The zero-order chi connectivity index (χ0) is 21.5. The number of amides is 2. The monoisotopic (exact) mass is 407 g/mol. The van der Waals surface area contributed by atoms with Gasteiger partial charge in [0.05, 0.1) is 4.92 Å². The highest BCUT2D eigenvalue weighted by Crippen LogP contribution is 2.18. The molecule has 3 rings (SSSR count). The van der Waals surface area contributed by atoms with Gasteiger partial charge in [0.25, 0.3) is 17.5 Å². The van der Waals surface area contributed by atoms with Crippen LogP contribution in [0.15, 0.2) is 54.2 Å². The van der Waals surface area contributed by atoms with E-state index in [9.17, 15) is 19.7 Å². The van der Waals surface area contributed by atoms with Crippen molar-refractivity contribution in [2.24, 2.45) is 0 Å². The minimum absolute atomic E-state index is 0.0378. The van der Waals surface area contributed by atoms with Gasteiger partial charge in [-0.3, -0.25) is 19.7 Å². The minimum atomic E-state index is -0.482. The summed E-state index contributed by atoms with van der Waals surface area (Å²) in [4.78, 5) is 36.0. The van der Waals surface area contributed by atoms with E-state index in [2.05, 4.69) is 10.6 Å². The van der Waals surface area contributed by atoms with Gasteiger partial charge >= 0.3 is 0 Å². The first-order chi connectivity index (χ1) is 14.4. The summed E-state index contributed by atoms with van der Waals surface area (Å²) >= 11 is 0. The highest BCUT2D eigenvalue weighted by molar-refractivity contribution is 6.05. The molecule has 7 nitrogen and oxygen atoms in total. The fourth-order valence-corrected chi connectivity index (χ4v) is 3.51. The molecule has 1 saturated carbocycles. The summed E-state index contributed by atoms with van der Waals surface area (Å²) in [6.45, 7) is 1.89. The van der Waals surface area contributed by atoms with Crippen LogP contribution in [0.5, 0.6) is 0 Å². The Morgan fingerprint density at radius 2 is 1.77 bits per heavy atom. The zero-order valence-electron chi connectivity index (χ0n) is 16.9. The lowest BCUT2D eigenvalue weighted by molar-refractivity contribution is -0.384. The molecule has 1 aliphatic carbocycles. The molecule has 2 aromatic rings. The Morgan fingerprint density at radius 1 is 1.07 bits per heavy atom. The van der Waals surface area contributed by atoms with Gasteiger partial charge in [-0.2, -0.15) is 0 Å². The van der Waals surface area contributed by atoms with Gasteiger partial charge in [-0.1, -0.05) is 37.0 Å². The van der Waals surface area contributed by atoms with Crippen molar-refractivity contribution in [1.82, 2.24) is 10.6 Å². The molecule has 2 amide bonds. The van der Waals surface area contributed by atoms with E-state index in [1.165, 1.54) is 24.6 Å². The predicted molar refractivity (Wildman–Crippen MR) is 115 cm³/mol. The smallest absolute Gasteiger partial charge is 0.269 e. The molecule has 0 aromatic heterocycles. The molecule has 0 saturated heterocycles. The van der Waals surface area contributed by atoms with Crippen molar-refractivity contribution in [3.8, 4) is 0 Å². The third-order valence-electron chi connectivity index (χ3n) is 5.13. The summed E-state index contributed by atoms with van der Waals surface area (Å²) in [5.41, 5.74) is 2.05. The molecule has 7 heteroatoms. The van der Waals surface area contributed by atoms with Crippen molar-refractivity contribution in [3.63, 3.8) is 0 Å². The Morgan fingerprint density at radius 3 is 2.40 bits per heavy atom. The number of nitrogens with zero attached hydrogens (tertiary/aromatic N) is 1. The molecule has 30 heavy (non-hydrogen) atoms. The third kappa shape index (κ3) is 5.76. The van der Waals surface area contributed by atoms with Gasteiger partial charge in [-0.05, 0) is 55.7 Å². The van der Waals surface area contributed by atoms with Crippen LogP contribution in [0.25, 0.3) is 6.08 Å². The summed E-state index contributed by atoms with van der Waals surface area (Å²) in [7, 11) is 0. The van der Waals surface area contributed by atoms with Crippen molar-refractivity contribution in [2.75, 3.05) is 0 Å². The van der Waals surface area contributed by atoms with E-state index in [4.69, 9.17) is 0 Å². The number of carbonyl (C=O) groups excluding carboxylic acids is 2. The predicted octanol–water partition coefficient (Wildman–Crippen LogP) is 4.12. The first-order valence-corrected chi connectivity index (χ1v) is 10.1. The Labute approximate surface area is 175 Å². The van der Waals surface area contributed by atoms with Gasteiger partial charge in [0.15, 0.2) is 0 Å². The molecule has 0 unspecified atom stereocenters. The number of benzene rings is 2. The molecular weight excluding hydrogens is 382 g/mol. The lowest BCUT2D eigenvalue weighted by Crippen LogP contribution is -2.41. The largest absolute Gasteiger partial charge is 0.348 e. The van der Waals surface area contributed by atoms with Crippen LogP contribution in [0.4, 0.5) is 5.69 Å². The van der Waals surface area contributed by atoms with Crippen LogP contribution in [0.2, 0.25) is 0 Å². The molecule has 0 atom stereocenters. The number of aryl methyl sites for hydroxylation is 1. The molecule has 1 aliphatic rings. The van der Waals surface area contributed by atoms with Crippen LogP contribution in [0, 0.1) is 17.0 Å². The van der Waals surface area contributed by atoms with Crippen molar-refractivity contribution in [2.45, 2.75) is 45.1 Å². The summed E-state index contributed by atoms with van der Waals surface area (Å²) in [5.74, 6) is -0.744. The molecular formula is C23H25N3O4. The van der Waals surface area contributed by atoms with E-state index in [1.807, 2.05) is 13.0 Å². The van der Waals surface area contributed by atoms with Gasteiger partial charge in [0.2, 0.25) is 0 Å². The van der Waals surface area contributed by atoms with Crippen LogP contribution in [0.1, 0.15) is 53.6 Å². The van der Waals surface area contributed by atoms with Crippen LogP contribution >= 0.6 is 0 Å². The summed E-state index contributed by atoms with van der Waals surface area (Å²) in [6.07, 6.45) is 6.69. The van der Waals surface area contributed by atoms with Gasteiger partial charge in [0, 0.05) is 23.7 Å². The second-order valence-electron chi connectivity index (χ2n) is 7.54. The highest BCUT2D eigenvalue weighted by Gasteiger charge is 2.20. The maximum Gasteiger partial charge on any atom is 0.269 e. The first kappa shape index (κ1) is 21.2. The fraction of sp³-hybridized carbons (Fsp3) is 0.304. The minimum Gasteiger partial charge on any atom is -0.348 e. The van der Waals surface area contributed by atoms with E-state index in [1.54, 1.807) is 30.3 Å². The number of hydrogen-bond acceptors (Lipinski definition) is 4. The van der Waals surface area contributed by atoms with Crippen molar-refractivity contribution in [1.29, 1.82) is 0 Å². The Bertz CT molecular complexity index is 961. The van der Waals surface area contributed by atoms with Crippen molar-refractivity contribution >= 4 is 23.6 Å². The number of nitrogens with one attached hydrogen (secondary N) is 2. The Kier molecular flexibility index (Phi) is 6.95. The van der Waals surface area contributed by atoms with Crippen molar-refractivity contribution < 1.29 is 14.5 Å². The van der Waals surface area contributed by atoms with Gasteiger partial charge in [-0.25, -0.2) is 0 Å². The second kappa shape index (κ2) is 9.82. The molecule has 0 aliphatic heterocycles. The number of carbonyl (C=O) groups is 2. The summed E-state index contributed by atoms with van der Waals surface area (Å²) in [6, 6.07) is 13.0. The van der Waals surface area contributed by atoms with E-state index < -0.39 is 4.92 Å². The zero-order valence-corrected chi connectivity index (χ0v) is 16.9. The fourth-order valence-electron chi connectivity index (χ4n) is 3.51. The van der Waals surface area contributed by atoms with Gasteiger partial charge in [-0.15, -0.1) is 0 Å². The maximum absolute atomic E-state index is 12.9. The quantitative estimate of drug-likeness (QED) is 0.427. The second-order valence-corrected chi connectivity index (χ2v) is 7.54. The highest BCUT2D eigenvalue weighted by atomic mass is 16.6. The molecule has 1 fully saturated rings. The van der Waals surface area contributed by atoms with Crippen LogP contribution in [-0.4, -0.2) is 22.8 Å². The molecule has 0 spiro atoms. The summed E-state index contributed by atoms with van der Waals surface area (Å²) < 4.78 is 0. The topological polar surface area (TPSA) is 101 Å². The summed E-state index contributed by atoms with van der Waals surface area (Å²) in [5, 5.41) is 16.6. The number of rotatable bonds is 6.